The molecule has 1 rings (SSSR count). The standard InChI is InChI=1S/C9H12O3/c1-9(2,11)6-5-7-3-4-8(10)12-7/h3-5,11H,6H2,1-2H3/b7-5+. The Labute approximate surface area is 71.3 Å². The zero-order valence-electron chi connectivity index (χ0n) is 7.20. The van der Waals surface area contributed by atoms with E-state index in [4.69, 9.17) is 4.74 Å². The van der Waals surface area contributed by atoms with Gasteiger partial charge in [0.15, 0.2) is 0 Å². The van der Waals surface area contributed by atoms with Crippen molar-refractivity contribution in [1.29, 1.82) is 0 Å². The molecule has 0 radical (unpaired) electrons. The molecule has 1 heterocycles. The third-order valence-corrected chi connectivity index (χ3v) is 1.40. The normalized spacial score (nSPS) is 20.2. The fraction of sp³-hybridized carbons (Fsp3) is 0.444. The van der Waals surface area contributed by atoms with Gasteiger partial charge >= 0.3 is 5.97 Å². The lowest BCUT2D eigenvalue weighted by molar-refractivity contribution is -0.132. The third kappa shape index (κ3) is 2.88. The number of ether oxygens (including phenoxy) is 1. The van der Waals surface area contributed by atoms with Crippen LogP contribution >= 0.6 is 0 Å². The van der Waals surface area contributed by atoms with Crippen LogP contribution in [0.15, 0.2) is 24.0 Å². The Morgan fingerprint density at radius 2 is 2.25 bits per heavy atom. The quantitative estimate of drug-likeness (QED) is 0.629. The molecule has 1 N–H and O–H groups in total. The monoisotopic (exact) mass is 168 g/mol. The summed E-state index contributed by atoms with van der Waals surface area (Å²) >= 11 is 0. The first-order chi connectivity index (χ1) is 5.47. The van der Waals surface area contributed by atoms with Crippen molar-refractivity contribution in [3.63, 3.8) is 0 Å². The van der Waals surface area contributed by atoms with Gasteiger partial charge in [0, 0.05) is 6.08 Å². The van der Waals surface area contributed by atoms with Gasteiger partial charge in [0.25, 0.3) is 0 Å². The van der Waals surface area contributed by atoms with Crippen LogP contribution in [0.3, 0.4) is 0 Å². The Hall–Kier alpha value is -1.09. The van der Waals surface area contributed by atoms with E-state index in [1.165, 1.54) is 6.08 Å². The summed E-state index contributed by atoms with van der Waals surface area (Å²) in [5.41, 5.74) is -0.754. The number of cyclic esters (lactones) is 1. The number of rotatable bonds is 2. The van der Waals surface area contributed by atoms with E-state index in [1.807, 2.05) is 0 Å². The summed E-state index contributed by atoms with van der Waals surface area (Å²) in [5, 5.41) is 9.33. The highest BCUT2D eigenvalue weighted by Crippen LogP contribution is 2.14. The molecule has 0 aromatic carbocycles. The molecule has 1 aliphatic rings. The van der Waals surface area contributed by atoms with E-state index in [9.17, 15) is 9.90 Å². The molecule has 0 aromatic rings. The van der Waals surface area contributed by atoms with Gasteiger partial charge in [-0.25, -0.2) is 4.79 Å². The van der Waals surface area contributed by atoms with Gasteiger partial charge in [-0.15, -0.1) is 0 Å². The summed E-state index contributed by atoms with van der Waals surface area (Å²) in [4.78, 5) is 10.6. The van der Waals surface area contributed by atoms with Crippen LogP contribution in [0.5, 0.6) is 0 Å². The lowest BCUT2D eigenvalue weighted by Gasteiger charge is -2.13. The lowest BCUT2D eigenvalue weighted by atomic mass is 10.1. The van der Waals surface area contributed by atoms with E-state index in [0.29, 0.717) is 12.2 Å². The van der Waals surface area contributed by atoms with Gasteiger partial charge in [-0.1, -0.05) is 0 Å². The summed E-state index contributed by atoms with van der Waals surface area (Å²) < 4.78 is 4.76. The fourth-order valence-electron chi connectivity index (χ4n) is 0.794. The van der Waals surface area contributed by atoms with Crippen LogP contribution in [0.1, 0.15) is 20.3 Å². The second kappa shape index (κ2) is 3.11. The molecule has 0 atom stereocenters. The topological polar surface area (TPSA) is 46.5 Å². The van der Waals surface area contributed by atoms with Crippen molar-refractivity contribution in [3.8, 4) is 0 Å². The van der Waals surface area contributed by atoms with Gasteiger partial charge < -0.3 is 9.84 Å². The molecule has 0 spiro atoms. The average Bonchev–Trinajstić information content (AvgIpc) is 2.30. The van der Waals surface area contributed by atoms with Crippen molar-refractivity contribution in [1.82, 2.24) is 0 Å². The number of hydrogen-bond donors (Lipinski definition) is 1. The Bertz CT molecular complexity index is 243. The molecule has 0 amide bonds. The van der Waals surface area contributed by atoms with E-state index in [2.05, 4.69) is 0 Å². The number of hydrogen-bond acceptors (Lipinski definition) is 3. The molecule has 0 unspecified atom stereocenters. The first kappa shape index (κ1) is 9.00. The summed E-state index contributed by atoms with van der Waals surface area (Å²) in [5.74, 6) is 0.166. The van der Waals surface area contributed by atoms with Crippen molar-refractivity contribution >= 4 is 5.97 Å². The maximum absolute atomic E-state index is 10.6. The van der Waals surface area contributed by atoms with E-state index in [-0.39, 0.29) is 5.97 Å². The van der Waals surface area contributed by atoms with Gasteiger partial charge in [0.05, 0.1) is 5.60 Å². The van der Waals surface area contributed by atoms with E-state index in [1.54, 1.807) is 26.0 Å². The highest BCUT2D eigenvalue weighted by atomic mass is 16.5. The molecule has 66 valence electrons. The number of esters is 1. The first-order valence-corrected chi connectivity index (χ1v) is 3.80. The molecule has 1 aliphatic heterocycles. The zero-order chi connectivity index (χ0) is 9.19. The number of aliphatic hydroxyl groups is 1. The van der Waals surface area contributed by atoms with Crippen LogP contribution in [-0.4, -0.2) is 16.7 Å². The molecule has 3 heteroatoms. The lowest BCUT2D eigenvalue weighted by Crippen LogP contribution is -2.16. The van der Waals surface area contributed by atoms with E-state index >= 15 is 0 Å². The zero-order valence-corrected chi connectivity index (χ0v) is 7.20. The smallest absolute Gasteiger partial charge is 0.336 e. The summed E-state index contributed by atoms with van der Waals surface area (Å²) in [6.45, 7) is 3.40. The van der Waals surface area contributed by atoms with Crippen LogP contribution in [-0.2, 0) is 9.53 Å². The highest BCUT2D eigenvalue weighted by Gasteiger charge is 2.13. The van der Waals surface area contributed by atoms with Crippen molar-refractivity contribution in [2.45, 2.75) is 25.9 Å². The summed E-state index contributed by atoms with van der Waals surface area (Å²) in [7, 11) is 0. The highest BCUT2D eigenvalue weighted by molar-refractivity contribution is 5.86. The molecule has 0 saturated heterocycles. The second-order valence-corrected chi connectivity index (χ2v) is 3.38. The summed E-state index contributed by atoms with van der Waals surface area (Å²) in [6, 6.07) is 0. The maximum atomic E-state index is 10.6. The second-order valence-electron chi connectivity index (χ2n) is 3.38. The number of carbonyl (C=O) groups excluding carboxylic acids is 1. The van der Waals surface area contributed by atoms with Crippen molar-refractivity contribution in [3.05, 3.63) is 24.0 Å². The Kier molecular flexibility index (Phi) is 2.33. The van der Waals surface area contributed by atoms with Gasteiger partial charge in [-0.2, -0.15) is 0 Å². The minimum absolute atomic E-state index is 0.350. The van der Waals surface area contributed by atoms with Crippen molar-refractivity contribution in [2.24, 2.45) is 0 Å². The minimum Gasteiger partial charge on any atom is -0.424 e. The van der Waals surface area contributed by atoms with Gasteiger partial charge in [0.1, 0.15) is 5.76 Å². The van der Waals surface area contributed by atoms with Crippen LogP contribution in [0, 0.1) is 0 Å². The van der Waals surface area contributed by atoms with Crippen molar-refractivity contribution < 1.29 is 14.6 Å². The van der Waals surface area contributed by atoms with Gasteiger partial charge in [0.2, 0.25) is 0 Å². The Morgan fingerprint density at radius 3 is 2.67 bits per heavy atom. The molecular formula is C9H12O3. The molecule has 0 aromatic heterocycles. The molecule has 12 heavy (non-hydrogen) atoms. The van der Waals surface area contributed by atoms with Crippen LogP contribution in [0.2, 0.25) is 0 Å². The van der Waals surface area contributed by atoms with Gasteiger partial charge in [-0.3, -0.25) is 0 Å². The third-order valence-electron chi connectivity index (χ3n) is 1.40. The molecule has 3 nitrogen and oxygen atoms in total. The van der Waals surface area contributed by atoms with Crippen LogP contribution in [0.25, 0.3) is 0 Å². The fourth-order valence-corrected chi connectivity index (χ4v) is 0.794. The molecule has 0 saturated carbocycles. The van der Waals surface area contributed by atoms with Crippen LogP contribution in [0.4, 0.5) is 0 Å². The molecule has 0 bridgehead atoms. The van der Waals surface area contributed by atoms with E-state index < -0.39 is 5.60 Å². The van der Waals surface area contributed by atoms with Crippen LogP contribution < -0.4 is 0 Å². The maximum Gasteiger partial charge on any atom is 0.336 e. The molecule has 0 aliphatic carbocycles. The average molecular weight is 168 g/mol. The van der Waals surface area contributed by atoms with Crippen molar-refractivity contribution in [2.75, 3.05) is 0 Å². The number of allylic oxidation sites excluding steroid dienone is 1. The SMILES string of the molecule is CC(C)(O)C/C=C1\C=CC(=O)O1. The number of carbonyl (C=O) groups is 1. The molecule has 0 fully saturated rings. The minimum atomic E-state index is -0.754. The Balaban J connectivity index is 2.50. The Morgan fingerprint density at radius 1 is 1.58 bits per heavy atom. The van der Waals surface area contributed by atoms with E-state index in [0.717, 1.165) is 0 Å². The predicted molar refractivity (Wildman–Crippen MR) is 44.2 cm³/mol. The van der Waals surface area contributed by atoms with Gasteiger partial charge in [-0.05, 0) is 32.4 Å². The predicted octanol–water partition coefficient (Wildman–Crippen LogP) is 1.14. The first-order valence-electron chi connectivity index (χ1n) is 3.80. The summed E-state index contributed by atoms with van der Waals surface area (Å²) in [6.07, 6.45) is 5.12. The largest absolute Gasteiger partial charge is 0.424 e. The molecular weight excluding hydrogens is 156 g/mol.